The average Bonchev–Trinajstić information content (AvgIpc) is 3.78. The van der Waals surface area contributed by atoms with E-state index < -0.39 is 0 Å². The zero-order valence-electron chi connectivity index (χ0n) is 33.4. The molecule has 0 aliphatic rings. The van der Waals surface area contributed by atoms with Gasteiger partial charge in [0, 0.05) is 68.8 Å². The molecule has 0 aliphatic heterocycles. The molecule has 3 aromatic heterocycles. The van der Waals surface area contributed by atoms with Crippen molar-refractivity contribution < 1.29 is 21.1 Å². The molecule has 0 saturated heterocycles. The molecule has 0 bridgehead atoms. The van der Waals surface area contributed by atoms with Crippen LogP contribution in [0.15, 0.2) is 182 Å². The van der Waals surface area contributed by atoms with Crippen LogP contribution in [-0.2, 0) is 33.5 Å². The van der Waals surface area contributed by atoms with Gasteiger partial charge in [-0.15, -0.1) is 29.7 Å². The molecule has 0 unspecified atom stereocenters. The topological polar surface area (TPSA) is 30.9 Å². The van der Waals surface area contributed by atoms with E-state index in [1.54, 1.807) is 0 Å². The second kappa shape index (κ2) is 15.3. The van der Waals surface area contributed by atoms with Crippen LogP contribution in [0.5, 0.6) is 0 Å². The molecule has 0 spiro atoms. The molecule has 0 aliphatic carbocycles. The number of imidazole rings is 1. The number of aromatic nitrogens is 4. The van der Waals surface area contributed by atoms with Crippen molar-refractivity contribution in [3.05, 3.63) is 200 Å². The van der Waals surface area contributed by atoms with Gasteiger partial charge in [-0.3, -0.25) is 0 Å². The van der Waals surface area contributed by atoms with E-state index in [-0.39, 0.29) is 26.5 Å². The Bertz CT molecular complexity index is 3060. The average molecular weight is 944 g/mol. The van der Waals surface area contributed by atoms with E-state index in [0.29, 0.717) is 0 Å². The first kappa shape index (κ1) is 38.0. The van der Waals surface area contributed by atoms with Crippen LogP contribution in [0.3, 0.4) is 0 Å². The summed E-state index contributed by atoms with van der Waals surface area (Å²) in [6, 6.07) is 68.2. The smallest absolute Gasteiger partial charge is 0.188 e. The molecule has 0 saturated carbocycles. The number of para-hydroxylation sites is 4. The van der Waals surface area contributed by atoms with Crippen LogP contribution < -0.4 is 4.90 Å². The standard InChI is InChI=1S/C53H42N5.Pt/c1-53(2,3)39-31-32-54-51(33-39)58-47-26-12-11-23-45(47)46-30-29-42(35-50(46)58)57(41-22-15-21-40(34-41)56-36-55(4)48-27-13-14-28-49(48)56)52-43(37-17-7-5-8-18-37)24-16-25-44(52)38-19-9-6-10-20-38;/h5-33,36H,1-4H3;/q-1;. The summed E-state index contributed by atoms with van der Waals surface area (Å²) in [5, 5.41) is 2.27. The van der Waals surface area contributed by atoms with Crippen molar-refractivity contribution in [3.8, 4) is 33.8 Å². The molecule has 59 heavy (non-hydrogen) atoms. The fourth-order valence-electron chi connectivity index (χ4n) is 8.29. The summed E-state index contributed by atoms with van der Waals surface area (Å²) in [4.78, 5) is 7.33. The number of rotatable bonds is 7. The van der Waals surface area contributed by atoms with Crippen LogP contribution in [0.25, 0.3) is 66.6 Å². The summed E-state index contributed by atoms with van der Waals surface area (Å²) in [6.45, 7) is 6.74. The van der Waals surface area contributed by atoms with Gasteiger partial charge in [-0.25, -0.2) is 14.1 Å². The largest absolute Gasteiger partial charge is 0.357 e. The number of pyridine rings is 1. The zero-order chi connectivity index (χ0) is 39.4. The van der Waals surface area contributed by atoms with E-state index in [1.165, 1.54) is 5.56 Å². The fourth-order valence-corrected chi connectivity index (χ4v) is 8.29. The Balaban J connectivity index is 0.00000449. The fraction of sp³-hybridized carbons (Fsp3) is 0.0943. The van der Waals surface area contributed by atoms with E-state index in [2.05, 4.69) is 235 Å². The van der Waals surface area contributed by atoms with Crippen molar-refractivity contribution in [2.75, 3.05) is 4.90 Å². The van der Waals surface area contributed by atoms with Crippen LogP contribution in [0.2, 0.25) is 0 Å². The normalized spacial score (nSPS) is 11.6. The van der Waals surface area contributed by atoms with Crippen LogP contribution in [0.4, 0.5) is 17.1 Å². The number of nitrogens with zero attached hydrogens (tertiary/aromatic N) is 5. The molecule has 6 heteroatoms. The van der Waals surface area contributed by atoms with Gasteiger partial charge in [0.2, 0.25) is 0 Å². The SMILES string of the molecule is Cn1[cH+]n(-c2[c-]c(N(c3[c-]c4c(cc3)c3ccccc3n4-c3cc(C(C)(C)C)ccn3)c3c(-c4ccccc4)cccc3-c3ccccc3)ccc2)c2ccccc21.[Pt]. The number of aryl methyl sites for hydroxylation is 1. The van der Waals surface area contributed by atoms with E-state index >= 15 is 0 Å². The van der Waals surface area contributed by atoms with E-state index in [1.807, 2.05) is 6.20 Å². The molecule has 10 aromatic rings. The molecule has 7 aromatic carbocycles. The predicted molar refractivity (Wildman–Crippen MR) is 241 cm³/mol. The number of hydrogen-bond donors (Lipinski definition) is 0. The van der Waals surface area contributed by atoms with Crippen LogP contribution in [0, 0.1) is 12.1 Å². The third-order valence-corrected chi connectivity index (χ3v) is 11.2. The minimum Gasteiger partial charge on any atom is -0.357 e. The third kappa shape index (κ3) is 6.76. The van der Waals surface area contributed by atoms with Gasteiger partial charge >= 0.3 is 0 Å². The quantitative estimate of drug-likeness (QED) is 0.149. The molecule has 0 fully saturated rings. The number of anilines is 3. The summed E-state index contributed by atoms with van der Waals surface area (Å²) in [6.07, 6.45) is 4.06. The van der Waals surface area contributed by atoms with Crippen molar-refractivity contribution in [1.82, 2.24) is 18.7 Å². The molecule has 0 N–H and O–H groups in total. The second-order valence-corrected chi connectivity index (χ2v) is 15.9. The van der Waals surface area contributed by atoms with Crippen molar-refractivity contribution in [2.45, 2.75) is 26.2 Å². The Morgan fingerprint density at radius 3 is 1.88 bits per heavy atom. The van der Waals surface area contributed by atoms with Crippen molar-refractivity contribution >= 4 is 49.9 Å². The molecule has 0 atom stereocenters. The number of hydrogen-bond acceptors (Lipinski definition) is 2. The molecule has 5 nitrogen and oxygen atoms in total. The van der Waals surface area contributed by atoms with Gasteiger partial charge in [0.25, 0.3) is 0 Å². The predicted octanol–water partition coefficient (Wildman–Crippen LogP) is 13.4. The van der Waals surface area contributed by atoms with Gasteiger partial charge in [-0.05, 0) is 57.8 Å². The van der Waals surface area contributed by atoms with Gasteiger partial charge in [0.05, 0.1) is 5.69 Å². The van der Waals surface area contributed by atoms with Crippen LogP contribution >= 0.6 is 0 Å². The maximum atomic E-state index is 4.98. The first-order chi connectivity index (χ1) is 28.3. The zero-order valence-corrected chi connectivity index (χ0v) is 35.6. The summed E-state index contributed by atoms with van der Waals surface area (Å²) < 4.78 is 6.65. The Kier molecular flexibility index (Phi) is 9.87. The number of benzene rings is 7. The molecule has 10 rings (SSSR count). The van der Waals surface area contributed by atoms with E-state index in [0.717, 1.165) is 83.7 Å². The molecule has 0 amide bonds. The Morgan fingerprint density at radius 2 is 1.19 bits per heavy atom. The molecular weight excluding hydrogens is 902 g/mol. The first-order valence-electron chi connectivity index (χ1n) is 19.8. The summed E-state index contributed by atoms with van der Waals surface area (Å²) in [7, 11) is 2.09. The van der Waals surface area contributed by atoms with Crippen LogP contribution in [0.1, 0.15) is 26.3 Å². The molecular formula is C53H42N5Pt-. The van der Waals surface area contributed by atoms with Crippen molar-refractivity contribution in [3.63, 3.8) is 0 Å². The minimum absolute atomic E-state index is 0. The second-order valence-electron chi connectivity index (χ2n) is 15.9. The Hall–Kier alpha value is -6.55. The molecule has 0 radical (unpaired) electrons. The maximum absolute atomic E-state index is 4.98. The minimum atomic E-state index is -0.0416. The summed E-state index contributed by atoms with van der Waals surface area (Å²) in [5.74, 6) is 0.870. The first-order valence-corrected chi connectivity index (χ1v) is 19.8. The van der Waals surface area contributed by atoms with E-state index in [4.69, 9.17) is 4.98 Å². The maximum Gasteiger partial charge on any atom is 0.188 e. The van der Waals surface area contributed by atoms with Crippen molar-refractivity contribution in [2.24, 2.45) is 7.05 Å². The summed E-state index contributed by atoms with van der Waals surface area (Å²) >= 11 is 0. The third-order valence-electron chi connectivity index (χ3n) is 11.2. The van der Waals surface area contributed by atoms with Gasteiger partial charge < -0.3 is 9.47 Å². The van der Waals surface area contributed by atoms with Gasteiger partial charge in [0.1, 0.15) is 5.82 Å². The molecule has 290 valence electrons. The Morgan fingerprint density at radius 1 is 0.576 bits per heavy atom. The van der Waals surface area contributed by atoms with Gasteiger partial charge in [-0.2, -0.15) is 12.1 Å². The van der Waals surface area contributed by atoms with Crippen LogP contribution in [-0.4, -0.2) is 18.7 Å². The van der Waals surface area contributed by atoms with Crippen molar-refractivity contribution in [1.29, 1.82) is 0 Å². The monoisotopic (exact) mass is 943 g/mol. The number of fused-ring (bicyclic) bond motifs is 4. The molecule has 3 heterocycles. The van der Waals surface area contributed by atoms with Gasteiger partial charge in [0.15, 0.2) is 17.4 Å². The Labute approximate surface area is 359 Å². The summed E-state index contributed by atoms with van der Waals surface area (Å²) in [5.41, 5.74) is 13.7. The van der Waals surface area contributed by atoms with E-state index in [9.17, 15) is 0 Å². The van der Waals surface area contributed by atoms with Gasteiger partial charge in [-0.1, -0.05) is 141 Å².